The van der Waals surface area contributed by atoms with E-state index in [-0.39, 0.29) is 23.3 Å². The topological polar surface area (TPSA) is 89.6 Å². The summed E-state index contributed by atoms with van der Waals surface area (Å²) in [7, 11) is 0. The number of rotatable bonds is 7. The molecule has 2 aliphatic carbocycles. The highest BCUT2D eigenvalue weighted by molar-refractivity contribution is 7.13. The predicted octanol–water partition coefficient (Wildman–Crippen LogP) is 3.61. The first kappa shape index (κ1) is 20.8. The van der Waals surface area contributed by atoms with Crippen molar-refractivity contribution in [1.82, 2.24) is 10.3 Å². The Hall–Kier alpha value is -1.51. The first-order chi connectivity index (χ1) is 14.1. The van der Waals surface area contributed by atoms with Crippen molar-refractivity contribution in [3.63, 3.8) is 0 Å². The summed E-state index contributed by atoms with van der Waals surface area (Å²) in [6.45, 7) is 1.02. The first-order valence-electron chi connectivity index (χ1n) is 10.8. The van der Waals surface area contributed by atoms with Gasteiger partial charge in [-0.3, -0.25) is 9.59 Å². The lowest BCUT2D eigenvalue weighted by atomic mass is 9.69. The Kier molecular flexibility index (Phi) is 6.51. The maximum absolute atomic E-state index is 12.7. The van der Waals surface area contributed by atoms with Crippen LogP contribution in [0.3, 0.4) is 0 Å². The van der Waals surface area contributed by atoms with Gasteiger partial charge >= 0.3 is 0 Å². The van der Waals surface area contributed by atoms with Crippen LogP contribution >= 0.6 is 11.3 Å². The molecule has 2 N–H and O–H groups in total. The van der Waals surface area contributed by atoms with Crippen molar-refractivity contribution in [2.24, 2.45) is 5.41 Å². The fourth-order valence-corrected chi connectivity index (χ4v) is 5.58. The largest absolute Gasteiger partial charge is 0.353 e. The second kappa shape index (κ2) is 9.10. The standard InChI is InChI=1S/C21H31N3O4S/c25-17(23-14-16-15-27-21(28-16)8-4-5-9-21)12-20(6-2-1-3-7-20)13-18(26)24-19-22-10-11-29-19/h10-11,16H,1-9,12-15H2,(H,23,25)(H,22,24,26)/t16-/m1/s1. The molecular formula is C21H31N3O4S. The fraction of sp³-hybridized carbons (Fsp3) is 0.762. The lowest BCUT2D eigenvalue weighted by Crippen LogP contribution is -2.39. The molecule has 2 amide bonds. The van der Waals surface area contributed by atoms with E-state index in [1.54, 1.807) is 6.20 Å². The Morgan fingerprint density at radius 1 is 1.07 bits per heavy atom. The van der Waals surface area contributed by atoms with Crippen molar-refractivity contribution in [3.05, 3.63) is 11.6 Å². The van der Waals surface area contributed by atoms with Crippen molar-refractivity contribution in [1.29, 1.82) is 0 Å². The van der Waals surface area contributed by atoms with Crippen LogP contribution < -0.4 is 10.6 Å². The zero-order chi connectivity index (χ0) is 20.2. The summed E-state index contributed by atoms with van der Waals surface area (Å²) in [6, 6.07) is 0. The molecule has 1 aromatic heterocycles. The zero-order valence-electron chi connectivity index (χ0n) is 16.9. The average molecular weight is 422 g/mol. The minimum atomic E-state index is -0.395. The summed E-state index contributed by atoms with van der Waals surface area (Å²) in [5, 5.41) is 8.36. The van der Waals surface area contributed by atoms with Crippen LogP contribution in [0.5, 0.6) is 0 Å². The van der Waals surface area contributed by atoms with Gasteiger partial charge in [0.1, 0.15) is 6.10 Å². The molecule has 1 saturated heterocycles. The molecule has 3 aliphatic rings. The average Bonchev–Trinajstić information content (AvgIpc) is 3.45. The van der Waals surface area contributed by atoms with Crippen molar-refractivity contribution in [3.8, 4) is 0 Å². The molecular weight excluding hydrogens is 390 g/mol. The van der Waals surface area contributed by atoms with Gasteiger partial charge in [-0.15, -0.1) is 11.3 Å². The Bertz CT molecular complexity index is 697. The quantitative estimate of drug-likeness (QED) is 0.702. The van der Waals surface area contributed by atoms with Gasteiger partial charge in [0.25, 0.3) is 0 Å². The van der Waals surface area contributed by atoms with E-state index in [1.807, 2.05) is 5.38 Å². The lowest BCUT2D eigenvalue weighted by molar-refractivity contribution is -0.161. The second-order valence-electron chi connectivity index (χ2n) is 8.77. The molecule has 1 atom stereocenters. The van der Waals surface area contributed by atoms with Gasteiger partial charge < -0.3 is 20.1 Å². The summed E-state index contributed by atoms with van der Waals surface area (Å²) < 4.78 is 12.0. The second-order valence-corrected chi connectivity index (χ2v) is 9.67. The normalized spacial score (nSPS) is 25.2. The fourth-order valence-electron chi connectivity index (χ4n) is 5.03. The highest BCUT2D eigenvalue weighted by atomic mass is 32.1. The van der Waals surface area contributed by atoms with E-state index in [4.69, 9.17) is 9.47 Å². The molecule has 0 radical (unpaired) electrons. The van der Waals surface area contributed by atoms with Crippen LogP contribution in [-0.2, 0) is 19.1 Å². The van der Waals surface area contributed by atoms with Gasteiger partial charge in [-0.25, -0.2) is 4.98 Å². The van der Waals surface area contributed by atoms with Crippen LogP contribution in [0.1, 0.15) is 70.6 Å². The monoisotopic (exact) mass is 421 g/mol. The number of nitrogens with one attached hydrogen (secondary N) is 2. The van der Waals surface area contributed by atoms with Crippen LogP contribution in [0.2, 0.25) is 0 Å². The third-order valence-electron chi connectivity index (χ3n) is 6.47. The van der Waals surface area contributed by atoms with Crippen molar-refractivity contribution >= 4 is 28.3 Å². The smallest absolute Gasteiger partial charge is 0.226 e. The Labute approximate surface area is 175 Å². The van der Waals surface area contributed by atoms with E-state index in [1.165, 1.54) is 17.8 Å². The molecule has 7 nitrogen and oxygen atoms in total. The molecule has 1 spiro atoms. The van der Waals surface area contributed by atoms with Crippen LogP contribution in [-0.4, -0.2) is 41.8 Å². The van der Waals surface area contributed by atoms with Crippen LogP contribution in [0.15, 0.2) is 11.6 Å². The summed E-state index contributed by atoms with van der Waals surface area (Å²) in [5.74, 6) is -0.441. The molecule has 3 fully saturated rings. The number of amides is 2. The number of nitrogens with zero attached hydrogens (tertiary/aromatic N) is 1. The van der Waals surface area contributed by atoms with Crippen LogP contribution in [0.25, 0.3) is 0 Å². The highest BCUT2D eigenvalue weighted by Gasteiger charge is 2.44. The van der Waals surface area contributed by atoms with Crippen molar-refractivity contribution in [2.75, 3.05) is 18.5 Å². The molecule has 160 valence electrons. The molecule has 2 heterocycles. The van der Waals surface area contributed by atoms with Crippen LogP contribution in [0.4, 0.5) is 5.13 Å². The number of ether oxygens (including phenoxy) is 2. The maximum atomic E-state index is 12.7. The number of aromatic nitrogens is 1. The third kappa shape index (κ3) is 5.35. The SMILES string of the molecule is O=C(CC1(CC(=O)Nc2nccs2)CCCCC1)NC[C@@H]1COC2(CCCC2)O1. The summed E-state index contributed by atoms with van der Waals surface area (Å²) in [4.78, 5) is 29.4. The number of hydrogen-bond acceptors (Lipinski definition) is 6. The van der Waals surface area contributed by atoms with E-state index in [0.29, 0.717) is 31.1 Å². The molecule has 1 aromatic rings. The molecule has 0 bridgehead atoms. The first-order valence-corrected chi connectivity index (χ1v) is 11.7. The number of carbonyl (C=O) groups excluding carboxylic acids is 2. The Morgan fingerprint density at radius 2 is 1.79 bits per heavy atom. The Morgan fingerprint density at radius 3 is 2.52 bits per heavy atom. The van der Waals surface area contributed by atoms with E-state index in [0.717, 1.165) is 51.4 Å². The lowest BCUT2D eigenvalue weighted by Gasteiger charge is -2.36. The Balaban J connectivity index is 1.28. The maximum Gasteiger partial charge on any atom is 0.226 e. The number of carbonyl (C=O) groups is 2. The zero-order valence-corrected chi connectivity index (χ0v) is 17.7. The van der Waals surface area contributed by atoms with E-state index < -0.39 is 5.79 Å². The van der Waals surface area contributed by atoms with Crippen LogP contribution in [0, 0.1) is 5.41 Å². The van der Waals surface area contributed by atoms with Crippen molar-refractivity contribution < 1.29 is 19.1 Å². The number of thiazole rings is 1. The molecule has 1 aliphatic heterocycles. The molecule has 0 aromatic carbocycles. The van der Waals surface area contributed by atoms with Gasteiger partial charge in [-0.2, -0.15) is 0 Å². The van der Waals surface area contributed by atoms with Gasteiger partial charge in [-0.05, 0) is 31.1 Å². The van der Waals surface area contributed by atoms with E-state index in [2.05, 4.69) is 15.6 Å². The third-order valence-corrected chi connectivity index (χ3v) is 7.16. The van der Waals surface area contributed by atoms with Crippen molar-refractivity contribution in [2.45, 2.75) is 82.5 Å². The summed E-state index contributed by atoms with van der Waals surface area (Å²) in [5.41, 5.74) is -0.261. The molecule has 8 heteroatoms. The van der Waals surface area contributed by atoms with Gasteiger partial charge in [0.05, 0.1) is 6.61 Å². The number of anilines is 1. The predicted molar refractivity (Wildman–Crippen MR) is 111 cm³/mol. The van der Waals surface area contributed by atoms with E-state index in [9.17, 15) is 9.59 Å². The van der Waals surface area contributed by atoms with Gasteiger partial charge in [0.15, 0.2) is 10.9 Å². The summed E-state index contributed by atoms with van der Waals surface area (Å²) >= 11 is 1.41. The van der Waals surface area contributed by atoms with Gasteiger partial charge in [0.2, 0.25) is 11.8 Å². The van der Waals surface area contributed by atoms with E-state index >= 15 is 0 Å². The van der Waals surface area contributed by atoms with Gasteiger partial charge in [0, 0.05) is 43.8 Å². The molecule has 2 saturated carbocycles. The molecule has 4 rings (SSSR count). The molecule has 0 unspecified atom stereocenters. The molecule has 29 heavy (non-hydrogen) atoms. The number of hydrogen-bond donors (Lipinski definition) is 2. The minimum absolute atomic E-state index is 0.00456. The minimum Gasteiger partial charge on any atom is -0.353 e. The summed E-state index contributed by atoms with van der Waals surface area (Å²) in [6.07, 6.45) is 11.7. The highest BCUT2D eigenvalue weighted by Crippen LogP contribution is 2.43. The van der Waals surface area contributed by atoms with Gasteiger partial charge in [-0.1, -0.05) is 19.3 Å².